The van der Waals surface area contributed by atoms with Crippen molar-refractivity contribution in [2.75, 3.05) is 13.6 Å². The molecule has 4 rings (SSSR count). The first-order valence-electron chi connectivity index (χ1n) is 8.69. The number of fused-ring (bicyclic) bond motifs is 4. The fourth-order valence-corrected chi connectivity index (χ4v) is 4.93. The van der Waals surface area contributed by atoms with Crippen LogP contribution in [0.5, 0.6) is 0 Å². The van der Waals surface area contributed by atoms with Gasteiger partial charge in [0.1, 0.15) is 12.1 Å². The van der Waals surface area contributed by atoms with Gasteiger partial charge >= 0.3 is 16.4 Å². The normalized spacial score (nSPS) is 38.5. The molecule has 2 aliphatic heterocycles. The highest BCUT2D eigenvalue weighted by atomic mass is 32.3. The smallest absolute Gasteiger partial charge is 0.314 e. The molecule has 4 unspecified atom stereocenters. The lowest BCUT2D eigenvalue weighted by atomic mass is 10.0. The minimum atomic E-state index is -4.81. The second-order valence-corrected chi connectivity index (χ2v) is 8.29. The standard InChI is InChI=1S/C14H22N4O7S/c1-15-9-3-2-4-11(9)24-16-13(19)12-8-5-7(8)10-6-17(12)14(20)18(10)25-26(21,22)23/h7-12,15H,2-6H2,1H3,(H,16,19)(H,21,22,23)/t7?,8?,9?,10-,11?,12-/m0/s1. The Morgan fingerprint density at radius 1 is 1.31 bits per heavy atom. The molecule has 2 bridgehead atoms. The van der Waals surface area contributed by atoms with Gasteiger partial charge in [-0.2, -0.15) is 13.5 Å². The fraction of sp³-hybridized carbons (Fsp3) is 0.857. The van der Waals surface area contributed by atoms with Crippen LogP contribution in [0.1, 0.15) is 25.7 Å². The molecule has 11 nitrogen and oxygen atoms in total. The van der Waals surface area contributed by atoms with Crippen LogP contribution in [0, 0.1) is 11.8 Å². The summed E-state index contributed by atoms with van der Waals surface area (Å²) in [6.07, 6.45) is 3.38. The van der Waals surface area contributed by atoms with E-state index in [4.69, 9.17) is 9.39 Å². The molecule has 2 heterocycles. The average Bonchev–Trinajstić information content (AvgIpc) is 3.16. The summed E-state index contributed by atoms with van der Waals surface area (Å²) in [5.74, 6) is -0.522. The number of piperidine rings is 1. The van der Waals surface area contributed by atoms with Gasteiger partial charge < -0.3 is 10.2 Å². The van der Waals surface area contributed by atoms with Crippen molar-refractivity contribution in [3.8, 4) is 0 Å². The second kappa shape index (κ2) is 6.30. The number of hydroxylamine groups is 3. The second-order valence-electron chi connectivity index (χ2n) is 7.29. The summed E-state index contributed by atoms with van der Waals surface area (Å²) >= 11 is 0. The summed E-state index contributed by atoms with van der Waals surface area (Å²) in [6.45, 7) is 0.177. The number of likely N-dealkylation sites (N-methyl/N-ethyl adjacent to an activating group) is 1. The zero-order valence-corrected chi connectivity index (χ0v) is 15.0. The van der Waals surface area contributed by atoms with Crippen molar-refractivity contribution >= 4 is 22.3 Å². The predicted molar refractivity (Wildman–Crippen MR) is 85.5 cm³/mol. The van der Waals surface area contributed by atoms with E-state index >= 15 is 0 Å². The van der Waals surface area contributed by atoms with Crippen molar-refractivity contribution in [2.45, 2.75) is 49.9 Å². The molecule has 2 aliphatic carbocycles. The molecule has 0 aromatic carbocycles. The van der Waals surface area contributed by atoms with Gasteiger partial charge in [-0.25, -0.2) is 10.3 Å². The van der Waals surface area contributed by atoms with Crippen LogP contribution in [0.15, 0.2) is 0 Å². The summed E-state index contributed by atoms with van der Waals surface area (Å²) in [5.41, 5.74) is 2.48. The third-order valence-corrected chi connectivity index (χ3v) is 6.17. The quantitative estimate of drug-likeness (QED) is 0.389. The Hall–Kier alpha value is -1.47. The monoisotopic (exact) mass is 390 g/mol. The maximum absolute atomic E-state index is 12.6. The Kier molecular flexibility index (Phi) is 4.34. The molecule has 26 heavy (non-hydrogen) atoms. The van der Waals surface area contributed by atoms with E-state index in [0.717, 1.165) is 19.3 Å². The molecule has 2 saturated carbocycles. The zero-order valence-electron chi connectivity index (χ0n) is 14.2. The molecular weight excluding hydrogens is 368 g/mol. The maximum Gasteiger partial charge on any atom is 0.418 e. The Morgan fingerprint density at radius 2 is 2.08 bits per heavy atom. The summed E-state index contributed by atoms with van der Waals surface area (Å²) in [4.78, 5) is 31.9. The van der Waals surface area contributed by atoms with Crippen LogP contribution in [0.2, 0.25) is 0 Å². The Labute approximate surface area is 150 Å². The molecule has 3 N–H and O–H groups in total. The fourth-order valence-electron chi connectivity index (χ4n) is 4.55. The summed E-state index contributed by atoms with van der Waals surface area (Å²) in [6, 6.07) is -1.78. The van der Waals surface area contributed by atoms with Crippen LogP contribution < -0.4 is 10.8 Å². The van der Waals surface area contributed by atoms with Crippen molar-refractivity contribution < 1.29 is 31.7 Å². The van der Waals surface area contributed by atoms with Crippen LogP contribution in [0.3, 0.4) is 0 Å². The highest BCUT2D eigenvalue weighted by molar-refractivity contribution is 7.80. The third-order valence-electron chi connectivity index (χ3n) is 5.82. The molecule has 2 saturated heterocycles. The first kappa shape index (κ1) is 17.9. The molecule has 3 amide bonds. The molecule has 12 heteroatoms. The molecule has 146 valence electrons. The highest BCUT2D eigenvalue weighted by Gasteiger charge is 2.65. The number of nitrogens with one attached hydrogen (secondary N) is 2. The van der Waals surface area contributed by atoms with Crippen LogP contribution >= 0.6 is 0 Å². The van der Waals surface area contributed by atoms with Gasteiger partial charge in [0.25, 0.3) is 5.91 Å². The summed E-state index contributed by atoms with van der Waals surface area (Å²) in [5, 5.41) is 3.82. The first-order valence-corrected chi connectivity index (χ1v) is 10.1. The van der Waals surface area contributed by atoms with Gasteiger partial charge in [-0.3, -0.25) is 14.2 Å². The predicted octanol–water partition coefficient (Wildman–Crippen LogP) is -0.966. The van der Waals surface area contributed by atoms with Gasteiger partial charge in [0.15, 0.2) is 0 Å². The number of carbonyl (C=O) groups excluding carboxylic acids is 2. The van der Waals surface area contributed by atoms with E-state index in [9.17, 15) is 18.0 Å². The maximum atomic E-state index is 12.6. The lowest BCUT2D eigenvalue weighted by Gasteiger charge is -2.29. The lowest BCUT2D eigenvalue weighted by Crippen LogP contribution is -2.52. The number of amides is 3. The Bertz CT molecular complexity index is 716. The van der Waals surface area contributed by atoms with Crippen LogP contribution in [0.25, 0.3) is 0 Å². The minimum Gasteiger partial charge on any atom is -0.314 e. The molecule has 0 radical (unpaired) electrons. The topological polar surface area (TPSA) is 138 Å². The van der Waals surface area contributed by atoms with Crippen molar-refractivity contribution in [1.29, 1.82) is 0 Å². The van der Waals surface area contributed by atoms with E-state index in [2.05, 4.69) is 15.1 Å². The first-order chi connectivity index (χ1) is 12.3. The average molecular weight is 390 g/mol. The molecule has 4 aliphatic rings. The van der Waals surface area contributed by atoms with Gasteiger partial charge in [0.05, 0.1) is 6.04 Å². The van der Waals surface area contributed by atoms with Crippen molar-refractivity contribution in [2.24, 2.45) is 11.8 Å². The van der Waals surface area contributed by atoms with E-state index in [-0.39, 0.29) is 30.5 Å². The van der Waals surface area contributed by atoms with E-state index in [1.54, 1.807) is 0 Å². The Balaban J connectivity index is 1.42. The van der Waals surface area contributed by atoms with E-state index < -0.39 is 34.4 Å². The zero-order chi connectivity index (χ0) is 18.6. The number of rotatable bonds is 6. The van der Waals surface area contributed by atoms with Crippen LogP contribution in [-0.4, -0.2) is 72.7 Å². The minimum absolute atomic E-state index is 0.0354. The van der Waals surface area contributed by atoms with Gasteiger partial charge in [0, 0.05) is 12.6 Å². The lowest BCUT2D eigenvalue weighted by molar-refractivity contribution is -0.145. The number of hydrogen-bond donors (Lipinski definition) is 3. The van der Waals surface area contributed by atoms with Crippen molar-refractivity contribution in [3.63, 3.8) is 0 Å². The van der Waals surface area contributed by atoms with E-state index in [0.29, 0.717) is 11.5 Å². The van der Waals surface area contributed by atoms with Crippen molar-refractivity contribution in [3.05, 3.63) is 0 Å². The largest absolute Gasteiger partial charge is 0.418 e. The summed E-state index contributed by atoms with van der Waals surface area (Å²) in [7, 11) is -2.96. The number of hydrogen-bond acceptors (Lipinski definition) is 7. The Morgan fingerprint density at radius 3 is 2.77 bits per heavy atom. The van der Waals surface area contributed by atoms with Crippen molar-refractivity contribution in [1.82, 2.24) is 20.8 Å². The molecule has 4 fully saturated rings. The van der Waals surface area contributed by atoms with Gasteiger partial charge in [-0.1, -0.05) is 0 Å². The number of nitrogens with zero attached hydrogens (tertiary/aromatic N) is 2. The van der Waals surface area contributed by atoms with Gasteiger partial charge in [-0.05, 0) is 44.6 Å². The highest BCUT2D eigenvalue weighted by Crippen LogP contribution is 2.53. The van der Waals surface area contributed by atoms with Crippen LogP contribution in [-0.2, 0) is 24.3 Å². The third kappa shape index (κ3) is 3.05. The SMILES string of the molecule is CNC1CCCC1ONC(=O)[C@@H]1C2CC2[C@@H]2CN1C(=O)N2OS(=O)(=O)O. The molecular formula is C14H22N4O7S. The number of carbonyl (C=O) groups is 2. The molecule has 6 atom stereocenters. The number of urea groups is 1. The molecule has 0 aromatic rings. The van der Waals surface area contributed by atoms with Gasteiger partial charge in [0.2, 0.25) is 0 Å². The van der Waals surface area contributed by atoms with E-state index in [1.807, 2.05) is 7.05 Å². The van der Waals surface area contributed by atoms with E-state index in [1.165, 1.54) is 4.90 Å². The van der Waals surface area contributed by atoms with Crippen LogP contribution in [0.4, 0.5) is 4.79 Å². The summed E-state index contributed by atoms with van der Waals surface area (Å²) < 4.78 is 35.3. The molecule has 0 spiro atoms. The van der Waals surface area contributed by atoms with Gasteiger partial charge in [-0.15, -0.1) is 4.28 Å². The molecule has 0 aromatic heterocycles.